The Labute approximate surface area is 173 Å². The van der Waals surface area contributed by atoms with E-state index in [9.17, 15) is 19.5 Å². The molecule has 0 unspecified atom stereocenters. The average molecular weight is 413 g/mol. The van der Waals surface area contributed by atoms with Crippen LogP contribution in [0, 0.1) is 0 Å². The van der Waals surface area contributed by atoms with Crippen LogP contribution in [0.4, 0.5) is 11.4 Å². The number of hydrogen-bond acceptors (Lipinski definition) is 6. The Hall–Kier alpha value is -3.43. The Morgan fingerprint density at radius 3 is 2.37 bits per heavy atom. The zero-order chi connectivity index (χ0) is 21.7. The minimum Gasteiger partial charge on any atom is -0.486 e. The van der Waals surface area contributed by atoms with Crippen LogP contribution in [-0.4, -0.2) is 64.7 Å². The fourth-order valence-electron chi connectivity index (χ4n) is 3.20. The van der Waals surface area contributed by atoms with E-state index in [1.165, 1.54) is 19.1 Å². The van der Waals surface area contributed by atoms with Crippen LogP contribution in [0.15, 0.2) is 48.5 Å². The van der Waals surface area contributed by atoms with Crippen molar-refractivity contribution in [2.75, 3.05) is 30.3 Å². The molecule has 0 aromatic heterocycles. The van der Waals surface area contributed by atoms with Crippen LogP contribution in [0.5, 0.6) is 5.75 Å². The third-order valence-corrected chi connectivity index (χ3v) is 4.54. The lowest BCUT2D eigenvalue weighted by Gasteiger charge is -2.17. The third kappa shape index (κ3) is 5.79. The van der Waals surface area contributed by atoms with Crippen molar-refractivity contribution in [2.24, 2.45) is 0 Å². The van der Waals surface area contributed by atoms with Gasteiger partial charge in [-0.05, 0) is 42.5 Å². The van der Waals surface area contributed by atoms with Crippen molar-refractivity contribution < 1.29 is 29.3 Å². The van der Waals surface area contributed by atoms with E-state index >= 15 is 0 Å². The number of hydrogen-bond donors (Lipinski definition) is 4. The van der Waals surface area contributed by atoms with Crippen LogP contribution in [0.25, 0.3) is 0 Å². The molecule has 1 fully saturated rings. The molecule has 2 atom stereocenters. The van der Waals surface area contributed by atoms with Crippen LogP contribution in [-0.2, 0) is 9.59 Å². The fourth-order valence-corrected chi connectivity index (χ4v) is 3.20. The summed E-state index contributed by atoms with van der Waals surface area (Å²) in [7, 11) is 0. The highest BCUT2D eigenvalue weighted by atomic mass is 16.5. The summed E-state index contributed by atoms with van der Waals surface area (Å²) in [6, 6.07) is 12.8. The number of carboxylic acid groups (broad SMARTS) is 1. The number of anilines is 2. The Balaban J connectivity index is 1.51. The van der Waals surface area contributed by atoms with Crippen LogP contribution in [0.1, 0.15) is 17.3 Å². The SMILES string of the molecule is CC(=O)Nc1ccc(NC(=O)CN2C[C@@H](O)[C@H](Oc3cccc(C(=O)O)c3)C2)cc1. The number of nitrogens with zero attached hydrogens (tertiary/aromatic N) is 1. The van der Waals surface area contributed by atoms with Gasteiger partial charge in [-0.15, -0.1) is 0 Å². The van der Waals surface area contributed by atoms with Gasteiger partial charge in [0.05, 0.1) is 12.1 Å². The van der Waals surface area contributed by atoms with Gasteiger partial charge in [-0.3, -0.25) is 14.5 Å². The van der Waals surface area contributed by atoms with Crippen molar-refractivity contribution in [3.63, 3.8) is 0 Å². The molecule has 0 radical (unpaired) electrons. The van der Waals surface area contributed by atoms with Gasteiger partial charge >= 0.3 is 5.97 Å². The second kappa shape index (κ2) is 9.38. The number of aliphatic hydroxyl groups excluding tert-OH is 1. The lowest BCUT2D eigenvalue weighted by Crippen LogP contribution is -2.33. The standard InChI is InChI=1S/C21H23N3O6/c1-13(25)22-15-5-7-16(8-6-15)23-20(27)12-24-10-18(26)19(11-24)30-17-4-2-3-14(9-17)21(28)29/h2-9,18-19,26H,10-12H2,1H3,(H,22,25)(H,23,27)(H,28,29)/t18-,19-/m1/s1. The van der Waals surface area contributed by atoms with Gasteiger partial charge in [0.15, 0.2) is 0 Å². The summed E-state index contributed by atoms with van der Waals surface area (Å²) < 4.78 is 5.73. The highest BCUT2D eigenvalue weighted by Gasteiger charge is 2.34. The molecule has 9 nitrogen and oxygen atoms in total. The first-order chi connectivity index (χ1) is 14.3. The minimum atomic E-state index is -1.06. The molecule has 1 aliphatic rings. The van der Waals surface area contributed by atoms with Gasteiger partial charge in [-0.25, -0.2) is 4.79 Å². The number of likely N-dealkylation sites (tertiary alicyclic amines) is 1. The molecule has 2 aromatic carbocycles. The number of amides is 2. The summed E-state index contributed by atoms with van der Waals surface area (Å²) in [5, 5.41) is 24.7. The normalized spacial score (nSPS) is 18.6. The van der Waals surface area contributed by atoms with Gasteiger partial charge in [-0.1, -0.05) is 6.07 Å². The molecular weight excluding hydrogens is 390 g/mol. The molecule has 2 amide bonds. The van der Waals surface area contributed by atoms with Crippen LogP contribution in [0.2, 0.25) is 0 Å². The van der Waals surface area contributed by atoms with Crippen molar-refractivity contribution in [3.8, 4) is 5.75 Å². The van der Waals surface area contributed by atoms with Crippen molar-refractivity contribution >= 4 is 29.2 Å². The smallest absolute Gasteiger partial charge is 0.335 e. The topological polar surface area (TPSA) is 128 Å². The molecule has 4 N–H and O–H groups in total. The first-order valence-corrected chi connectivity index (χ1v) is 9.38. The van der Waals surface area contributed by atoms with Crippen LogP contribution >= 0.6 is 0 Å². The second-order valence-electron chi connectivity index (χ2n) is 7.06. The minimum absolute atomic E-state index is 0.0690. The summed E-state index contributed by atoms with van der Waals surface area (Å²) in [5.41, 5.74) is 1.32. The summed E-state index contributed by atoms with van der Waals surface area (Å²) in [6.45, 7) is 2.07. The molecule has 9 heteroatoms. The lowest BCUT2D eigenvalue weighted by molar-refractivity contribution is -0.117. The van der Waals surface area contributed by atoms with E-state index in [1.807, 2.05) is 0 Å². The zero-order valence-electron chi connectivity index (χ0n) is 16.4. The number of nitrogens with one attached hydrogen (secondary N) is 2. The quantitative estimate of drug-likeness (QED) is 0.540. The van der Waals surface area contributed by atoms with Crippen molar-refractivity contribution in [1.29, 1.82) is 0 Å². The summed E-state index contributed by atoms with van der Waals surface area (Å²) in [5.74, 6) is -1.13. The number of rotatable bonds is 7. The maximum atomic E-state index is 12.3. The predicted molar refractivity (Wildman–Crippen MR) is 110 cm³/mol. The Bertz CT molecular complexity index is 931. The van der Waals surface area contributed by atoms with Gasteiger partial charge < -0.3 is 25.6 Å². The van der Waals surface area contributed by atoms with E-state index in [-0.39, 0.29) is 30.5 Å². The fraction of sp³-hybridized carbons (Fsp3) is 0.286. The number of β-amino-alcohol motifs (C(OH)–C–C–N with tert-alkyl or cyclic N) is 1. The number of benzene rings is 2. The Morgan fingerprint density at radius 1 is 1.07 bits per heavy atom. The molecule has 158 valence electrons. The first-order valence-electron chi connectivity index (χ1n) is 9.38. The van der Waals surface area contributed by atoms with Crippen molar-refractivity contribution in [2.45, 2.75) is 19.1 Å². The average Bonchev–Trinajstić information content (AvgIpc) is 3.01. The van der Waals surface area contributed by atoms with Gasteiger partial charge in [0, 0.05) is 31.4 Å². The second-order valence-corrected chi connectivity index (χ2v) is 7.06. The molecule has 2 aromatic rings. The molecule has 1 aliphatic heterocycles. The summed E-state index contributed by atoms with van der Waals surface area (Å²) in [6.07, 6.45) is -1.37. The van der Waals surface area contributed by atoms with Gasteiger partial charge in [0.25, 0.3) is 0 Å². The largest absolute Gasteiger partial charge is 0.486 e. The third-order valence-electron chi connectivity index (χ3n) is 4.54. The van der Waals surface area contributed by atoms with Gasteiger partial charge in [-0.2, -0.15) is 0 Å². The summed E-state index contributed by atoms with van der Waals surface area (Å²) >= 11 is 0. The number of aromatic carboxylic acids is 1. The molecule has 1 saturated heterocycles. The highest BCUT2D eigenvalue weighted by Crippen LogP contribution is 2.20. The van der Waals surface area contributed by atoms with E-state index in [2.05, 4.69) is 10.6 Å². The molecule has 0 saturated carbocycles. The number of aliphatic hydroxyl groups is 1. The summed E-state index contributed by atoms with van der Waals surface area (Å²) in [4.78, 5) is 36.2. The Morgan fingerprint density at radius 2 is 1.73 bits per heavy atom. The van der Waals surface area contributed by atoms with Gasteiger partial charge in [0.2, 0.25) is 11.8 Å². The molecule has 0 aliphatic carbocycles. The zero-order valence-corrected chi connectivity index (χ0v) is 16.4. The van der Waals surface area contributed by atoms with E-state index in [1.54, 1.807) is 41.3 Å². The van der Waals surface area contributed by atoms with Crippen molar-refractivity contribution in [1.82, 2.24) is 4.90 Å². The van der Waals surface area contributed by atoms with E-state index < -0.39 is 18.2 Å². The maximum absolute atomic E-state index is 12.3. The molecule has 3 rings (SSSR count). The maximum Gasteiger partial charge on any atom is 0.335 e. The van der Waals surface area contributed by atoms with Gasteiger partial charge in [0.1, 0.15) is 18.0 Å². The van der Waals surface area contributed by atoms with E-state index in [0.29, 0.717) is 23.7 Å². The molecule has 0 spiro atoms. The number of carbonyl (C=O) groups excluding carboxylic acids is 2. The number of carboxylic acids is 1. The van der Waals surface area contributed by atoms with Crippen LogP contribution < -0.4 is 15.4 Å². The first kappa shape index (κ1) is 21.3. The monoisotopic (exact) mass is 413 g/mol. The predicted octanol–water partition coefficient (Wildman–Crippen LogP) is 1.41. The molecular formula is C21H23N3O6. The van der Waals surface area contributed by atoms with E-state index in [0.717, 1.165) is 0 Å². The van der Waals surface area contributed by atoms with E-state index in [4.69, 9.17) is 9.84 Å². The van der Waals surface area contributed by atoms with Crippen molar-refractivity contribution in [3.05, 3.63) is 54.1 Å². The lowest BCUT2D eigenvalue weighted by atomic mass is 10.2. The molecule has 1 heterocycles. The highest BCUT2D eigenvalue weighted by molar-refractivity contribution is 5.93. The number of carbonyl (C=O) groups is 3. The molecule has 0 bridgehead atoms. The van der Waals surface area contributed by atoms with Crippen LogP contribution in [0.3, 0.4) is 0 Å². The number of ether oxygens (including phenoxy) is 1. The Kier molecular flexibility index (Phi) is 6.65. The molecule has 30 heavy (non-hydrogen) atoms.